The Morgan fingerprint density at radius 2 is 0.697 bits per heavy atom. The lowest BCUT2D eigenvalue weighted by atomic mass is 9.84. The number of fused-ring (bicyclic) bond motifs is 4. The topological polar surface area (TPSA) is 8.17 Å². The quantitative estimate of drug-likeness (QED) is 0.141. The van der Waals surface area contributed by atoms with Crippen molar-refractivity contribution >= 4 is 49.6 Å². The molecule has 0 aliphatic rings. The Morgan fingerprint density at radius 1 is 0.258 bits per heavy atom. The maximum atomic E-state index is 2.39. The number of aromatic nitrogens is 1. The van der Waals surface area contributed by atoms with Crippen molar-refractivity contribution in [2.45, 2.75) is 0 Å². The summed E-state index contributed by atoms with van der Waals surface area (Å²) >= 11 is 0. The zero-order valence-corrected chi connectivity index (χ0v) is 36.3. The highest BCUT2D eigenvalue weighted by atomic mass is 15.1. The molecule has 0 N–H and O–H groups in total. The van der Waals surface area contributed by atoms with Gasteiger partial charge in [-0.1, -0.05) is 206 Å². The lowest BCUT2D eigenvalue weighted by Gasteiger charge is -2.27. The molecule has 1 aromatic heterocycles. The van der Waals surface area contributed by atoms with Crippen LogP contribution in [0.5, 0.6) is 0 Å². The van der Waals surface area contributed by atoms with E-state index in [-0.39, 0.29) is 0 Å². The summed E-state index contributed by atoms with van der Waals surface area (Å²) in [5, 5.41) is 5.00. The van der Waals surface area contributed by atoms with E-state index in [0.29, 0.717) is 0 Å². The molecule has 0 atom stereocenters. The van der Waals surface area contributed by atoms with Crippen LogP contribution in [0.1, 0.15) is 0 Å². The summed E-state index contributed by atoms with van der Waals surface area (Å²) in [5.41, 5.74) is 18.7. The standard InChI is InChI=1S/C64H44N2/c1-3-18-45(19-4-1)56-27-9-10-30-61(56)64-57(47-20-5-2-6-21-47)32-17-33-58(64)49-24-15-25-53(44-49)65(50-38-36-48(37-39-50)55-31-16-23-46-22-7-8-26-54(46)55)51-40-42-52(43-41-51)66-62-34-13-11-28-59(62)60-29-12-14-35-63(60)66/h1-44H. The molecule has 12 rings (SSSR count). The largest absolute Gasteiger partial charge is 0.310 e. The van der Waals surface area contributed by atoms with Crippen molar-refractivity contribution in [2.24, 2.45) is 0 Å². The van der Waals surface area contributed by atoms with Gasteiger partial charge in [-0.3, -0.25) is 0 Å². The van der Waals surface area contributed by atoms with Gasteiger partial charge in [-0.2, -0.15) is 0 Å². The minimum Gasteiger partial charge on any atom is -0.310 e. The van der Waals surface area contributed by atoms with Crippen molar-refractivity contribution < 1.29 is 0 Å². The second-order valence-electron chi connectivity index (χ2n) is 16.9. The molecule has 0 bridgehead atoms. The fraction of sp³-hybridized carbons (Fsp3) is 0. The number of rotatable bonds is 9. The van der Waals surface area contributed by atoms with Gasteiger partial charge in [-0.05, 0) is 127 Å². The van der Waals surface area contributed by atoms with E-state index in [9.17, 15) is 0 Å². The second-order valence-corrected chi connectivity index (χ2v) is 16.9. The van der Waals surface area contributed by atoms with Crippen LogP contribution in [0.3, 0.4) is 0 Å². The normalized spacial score (nSPS) is 11.3. The van der Waals surface area contributed by atoms with Crippen molar-refractivity contribution in [1.29, 1.82) is 0 Å². The summed E-state index contributed by atoms with van der Waals surface area (Å²) in [5.74, 6) is 0. The molecule has 11 aromatic carbocycles. The van der Waals surface area contributed by atoms with Crippen LogP contribution in [0.25, 0.3) is 93.9 Å². The van der Waals surface area contributed by atoms with Gasteiger partial charge >= 0.3 is 0 Å². The summed E-state index contributed by atoms with van der Waals surface area (Å²) in [6, 6.07) is 96.9. The van der Waals surface area contributed by atoms with Gasteiger partial charge in [0.25, 0.3) is 0 Å². The Labute approximate surface area is 385 Å². The lowest BCUT2D eigenvalue weighted by Crippen LogP contribution is -2.10. The Kier molecular flexibility index (Phi) is 9.89. The Balaban J connectivity index is 1.03. The Morgan fingerprint density at radius 3 is 1.38 bits per heavy atom. The fourth-order valence-corrected chi connectivity index (χ4v) is 9.99. The van der Waals surface area contributed by atoms with Gasteiger partial charge in [0.15, 0.2) is 0 Å². The summed E-state index contributed by atoms with van der Waals surface area (Å²) < 4.78 is 2.38. The highest BCUT2D eigenvalue weighted by Crippen LogP contribution is 2.46. The molecule has 1 heterocycles. The molecule has 0 radical (unpaired) electrons. The first kappa shape index (κ1) is 38.9. The lowest BCUT2D eigenvalue weighted by molar-refractivity contribution is 1.17. The van der Waals surface area contributed by atoms with E-state index in [1.54, 1.807) is 0 Å². The van der Waals surface area contributed by atoms with Crippen LogP contribution >= 0.6 is 0 Å². The Bertz CT molecular complexity index is 3620. The average Bonchev–Trinajstić information content (AvgIpc) is 3.74. The molecule has 0 amide bonds. The summed E-state index contributed by atoms with van der Waals surface area (Å²) in [6.07, 6.45) is 0. The summed E-state index contributed by atoms with van der Waals surface area (Å²) in [4.78, 5) is 2.39. The zero-order valence-electron chi connectivity index (χ0n) is 36.3. The van der Waals surface area contributed by atoms with Crippen LogP contribution in [-0.4, -0.2) is 4.57 Å². The van der Waals surface area contributed by atoms with Gasteiger partial charge < -0.3 is 9.47 Å². The molecule has 0 aliphatic carbocycles. The third-order valence-corrected chi connectivity index (χ3v) is 13.0. The number of anilines is 3. The molecule has 2 heteroatoms. The molecule has 0 spiro atoms. The molecule has 0 fully saturated rings. The first-order valence-corrected chi connectivity index (χ1v) is 22.7. The van der Waals surface area contributed by atoms with Crippen molar-refractivity contribution in [3.05, 3.63) is 267 Å². The monoisotopic (exact) mass is 840 g/mol. The number of hydrogen-bond donors (Lipinski definition) is 0. The first-order valence-electron chi connectivity index (χ1n) is 22.7. The SMILES string of the molecule is c1ccc(-c2ccccc2-c2c(-c3ccccc3)cccc2-c2cccc(N(c3ccc(-c4cccc5ccccc45)cc3)c3ccc(-n4c5ccccc5c5ccccc54)cc3)c2)cc1. The number of para-hydroxylation sites is 2. The first-order chi connectivity index (χ1) is 32.8. The van der Waals surface area contributed by atoms with Crippen LogP contribution in [0.2, 0.25) is 0 Å². The molecular formula is C64H44N2. The third-order valence-electron chi connectivity index (χ3n) is 13.0. The van der Waals surface area contributed by atoms with E-state index in [1.807, 2.05) is 0 Å². The van der Waals surface area contributed by atoms with Crippen LogP contribution in [0.4, 0.5) is 17.1 Å². The smallest absolute Gasteiger partial charge is 0.0541 e. The molecule has 0 saturated carbocycles. The van der Waals surface area contributed by atoms with Crippen molar-refractivity contribution in [3.8, 4) is 61.3 Å². The van der Waals surface area contributed by atoms with Crippen molar-refractivity contribution in [2.75, 3.05) is 4.90 Å². The van der Waals surface area contributed by atoms with Gasteiger partial charge in [0.05, 0.1) is 11.0 Å². The Hall–Kier alpha value is -8.72. The average molecular weight is 841 g/mol. The van der Waals surface area contributed by atoms with Gasteiger partial charge in [0, 0.05) is 33.5 Å². The van der Waals surface area contributed by atoms with Gasteiger partial charge in [0.1, 0.15) is 0 Å². The summed E-state index contributed by atoms with van der Waals surface area (Å²) in [6.45, 7) is 0. The zero-order chi connectivity index (χ0) is 43.8. The molecule has 12 aromatic rings. The van der Waals surface area contributed by atoms with E-state index in [0.717, 1.165) is 28.3 Å². The predicted molar refractivity (Wildman–Crippen MR) is 280 cm³/mol. The maximum absolute atomic E-state index is 2.39. The minimum atomic E-state index is 1.07. The van der Waals surface area contributed by atoms with Crippen LogP contribution < -0.4 is 4.90 Å². The van der Waals surface area contributed by atoms with Crippen LogP contribution in [0, 0.1) is 0 Å². The number of nitrogens with zero attached hydrogens (tertiary/aromatic N) is 2. The van der Waals surface area contributed by atoms with Gasteiger partial charge in [0.2, 0.25) is 0 Å². The molecule has 2 nitrogen and oxygen atoms in total. The minimum absolute atomic E-state index is 1.07. The maximum Gasteiger partial charge on any atom is 0.0541 e. The second kappa shape index (κ2) is 16.8. The highest BCUT2D eigenvalue weighted by molar-refractivity contribution is 6.09. The van der Waals surface area contributed by atoms with E-state index in [2.05, 4.69) is 276 Å². The van der Waals surface area contributed by atoms with E-state index >= 15 is 0 Å². The summed E-state index contributed by atoms with van der Waals surface area (Å²) in [7, 11) is 0. The highest BCUT2D eigenvalue weighted by Gasteiger charge is 2.20. The molecule has 66 heavy (non-hydrogen) atoms. The van der Waals surface area contributed by atoms with Crippen molar-refractivity contribution in [3.63, 3.8) is 0 Å². The van der Waals surface area contributed by atoms with Crippen LogP contribution in [-0.2, 0) is 0 Å². The van der Waals surface area contributed by atoms with Gasteiger partial charge in [-0.25, -0.2) is 0 Å². The third kappa shape index (κ3) is 6.93. The van der Waals surface area contributed by atoms with E-state index in [4.69, 9.17) is 0 Å². The number of benzene rings is 11. The molecule has 0 saturated heterocycles. The van der Waals surface area contributed by atoms with Gasteiger partial charge in [-0.15, -0.1) is 0 Å². The van der Waals surface area contributed by atoms with E-state index < -0.39 is 0 Å². The number of hydrogen-bond acceptors (Lipinski definition) is 1. The predicted octanol–water partition coefficient (Wildman–Crippen LogP) is 17.7. The molecular weight excluding hydrogens is 797 g/mol. The van der Waals surface area contributed by atoms with Crippen molar-refractivity contribution in [1.82, 2.24) is 4.57 Å². The molecule has 0 aliphatic heterocycles. The molecule has 0 unspecified atom stereocenters. The van der Waals surface area contributed by atoms with E-state index in [1.165, 1.54) is 82.6 Å². The van der Waals surface area contributed by atoms with Crippen LogP contribution in [0.15, 0.2) is 267 Å². The fourth-order valence-electron chi connectivity index (χ4n) is 9.99. The molecule has 310 valence electrons.